The molecule has 1 heterocycles. The van der Waals surface area contributed by atoms with Crippen LogP contribution in [0.2, 0.25) is 0 Å². The van der Waals surface area contributed by atoms with E-state index in [-0.39, 0.29) is 5.60 Å². The number of β-amino-alcohol motifs (C(OH)–C–C–N with tert-alkyl or cyclic N) is 1. The van der Waals surface area contributed by atoms with Crippen molar-refractivity contribution in [3.63, 3.8) is 0 Å². The Hall–Kier alpha value is -0.0800. The van der Waals surface area contributed by atoms with E-state index in [0.29, 0.717) is 5.92 Å². The van der Waals surface area contributed by atoms with Gasteiger partial charge in [-0.05, 0) is 31.2 Å². The Morgan fingerprint density at radius 3 is 2.79 bits per heavy atom. The maximum Gasteiger partial charge on any atom is 0.0814 e. The zero-order chi connectivity index (χ0) is 10.0. The fraction of sp³-hybridized carbons (Fsp3) is 1.00. The van der Waals surface area contributed by atoms with Gasteiger partial charge in [-0.1, -0.05) is 32.6 Å². The lowest BCUT2D eigenvalue weighted by molar-refractivity contribution is -0.0420. The van der Waals surface area contributed by atoms with Gasteiger partial charge in [0.15, 0.2) is 0 Å². The highest BCUT2D eigenvalue weighted by molar-refractivity contribution is 4.97. The van der Waals surface area contributed by atoms with Crippen molar-refractivity contribution in [2.24, 2.45) is 11.8 Å². The van der Waals surface area contributed by atoms with Gasteiger partial charge in [-0.3, -0.25) is 0 Å². The van der Waals surface area contributed by atoms with Gasteiger partial charge in [0.05, 0.1) is 5.60 Å². The van der Waals surface area contributed by atoms with Crippen molar-refractivity contribution in [3.8, 4) is 0 Å². The predicted molar refractivity (Wildman–Crippen MR) is 58.2 cm³/mol. The number of rotatable bonds is 2. The SMILES string of the molecule is CCC1CCCCC1C1(O)CCNC1. The Morgan fingerprint density at radius 1 is 1.36 bits per heavy atom. The molecule has 2 nitrogen and oxygen atoms in total. The van der Waals surface area contributed by atoms with Crippen LogP contribution in [0, 0.1) is 11.8 Å². The van der Waals surface area contributed by atoms with Crippen LogP contribution in [0.15, 0.2) is 0 Å². The lowest BCUT2D eigenvalue weighted by atomic mass is 9.69. The molecular weight excluding hydrogens is 174 g/mol. The fourth-order valence-electron chi connectivity index (χ4n) is 3.42. The van der Waals surface area contributed by atoms with E-state index in [1.165, 1.54) is 32.1 Å². The molecule has 0 spiro atoms. The molecule has 14 heavy (non-hydrogen) atoms. The zero-order valence-electron chi connectivity index (χ0n) is 9.26. The van der Waals surface area contributed by atoms with E-state index in [2.05, 4.69) is 12.2 Å². The van der Waals surface area contributed by atoms with E-state index in [9.17, 15) is 5.11 Å². The van der Waals surface area contributed by atoms with E-state index >= 15 is 0 Å². The van der Waals surface area contributed by atoms with Gasteiger partial charge in [0.25, 0.3) is 0 Å². The van der Waals surface area contributed by atoms with Crippen LogP contribution in [0.5, 0.6) is 0 Å². The van der Waals surface area contributed by atoms with Gasteiger partial charge in [-0.15, -0.1) is 0 Å². The van der Waals surface area contributed by atoms with Gasteiger partial charge in [0.1, 0.15) is 0 Å². The first-order valence-electron chi connectivity index (χ1n) is 6.19. The van der Waals surface area contributed by atoms with Crippen LogP contribution in [0.1, 0.15) is 45.4 Å². The monoisotopic (exact) mass is 197 g/mol. The second-order valence-corrected chi connectivity index (χ2v) is 5.09. The molecule has 0 bridgehead atoms. The summed E-state index contributed by atoms with van der Waals surface area (Å²) in [5, 5.41) is 13.9. The van der Waals surface area contributed by atoms with Crippen LogP contribution in [0.3, 0.4) is 0 Å². The molecule has 82 valence electrons. The maximum absolute atomic E-state index is 10.6. The van der Waals surface area contributed by atoms with E-state index in [4.69, 9.17) is 0 Å². The van der Waals surface area contributed by atoms with E-state index in [1.807, 2.05) is 0 Å². The van der Waals surface area contributed by atoms with Gasteiger partial charge in [0, 0.05) is 6.54 Å². The van der Waals surface area contributed by atoms with Crippen LogP contribution < -0.4 is 5.32 Å². The van der Waals surface area contributed by atoms with Crippen molar-refractivity contribution in [3.05, 3.63) is 0 Å². The molecule has 1 aliphatic carbocycles. The largest absolute Gasteiger partial charge is 0.388 e. The average molecular weight is 197 g/mol. The number of hydrogen-bond acceptors (Lipinski definition) is 2. The summed E-state index contributed by atoms with van der Waals surface area (Å²) in [5.41, 5.74) is -0.374. The molecular formula is C12H23NO. The smallest absolute Gasteiger partial charge is 0.0814 e. The van der Waals surface area contributed by atoms with Crippen LogP contribution in [-0.2, 0) is 0 Å². The van der Waals surface area contributed by atoms with Gasteiger partial charge < -0.3 is 10.4 Å². The van der Waals surface area contributed by atoms with Crippen molar-refractivity contribution in [2.75, 3.05) is 13.1 Å². The highest BCUT2D eigenvalue weighted by atomic mass is 16.3. The molecule has 0 aromatic heterocycles. The van der Waals surface area contributed by atoms with Gasteiger partial charge >= 0.3 is 0 Å². The molecule has 1 aliphatic heterocycles. The molecule has 0 radical (unpaired) electrons. The highest BCUT2D eigenvalue weighted by Gasteiger charge is 2.43. The second kappa shape index (κ2) is 4.19. The van der Waals surface area contributed by atoms with Crippen molar-refractivity contribution in [1.29, 1.82) is 0 Å². The van der Waals surface area contributed by atoms with Crippen molar-refractivity contribution < 1.29 is 5.11 Å². The first-order valence-corrected chi connectivity index (χ1v) is 6.19. The lowest BCUT2D eigenvalue weighted by Crippen LogP contribution is -2.44. The summed E-state index contributed by atoms with van der Waals surface area (Å²) in [6.45, 7) is 4.10. The van der Waals surface area contributed by atoms with Crippen molar-refractivity contribution in [1.82, 2.24) is 5.32 Å². The first-order chi connectivity index (χ1) is 6.76. The van der Waals surface area contributed by atoms with Crippen molar-refractivity contribution >= 4 is 0 Å². The molecule has 2 heteroatoms. The summed E-state index contributed by atoms with van der Waals surface area (Å²) in [4.78, 5) is 0. The van der Waals surface area contributed by atoms with Crippen molar-refractivity contribution in [2.45, 2.75) is 51.0 Å². The minimum Gasteiger partial charge on any atom is -0.388 e. The third kappa shape index (κ3) is 1.82. The quantitative estimate of drug-likeness (QED) is 0.709. The topological polar surface area (TPSA) is 32.3 Å². The van der Waals surface area contributed by atoms with Gasteiger partial charge in [0.2, 0.25) is 0 Å². The van der Waals surface area contributed by atoms with E-state index in [1.54, 1.807) is 0 Å². The summed E-state index contributed by atoms with van der Waals surface area (Å²) in [7, 11) is 0. The molecule has 2 N–H and O–H groups in total. The predicted octanol–water partition coefficient (Wildman–Crippen LogP) is 1.93. The average Bonchev–Trinajstić information content (AvgIpc) is 2.66. The van der Waals surface area contributed by atoms with Crippen LogP contribution in [0.4, 0.5) is 0 Å². The number of hydrogen-bond donors (Lipinski definition) is 2. The minimum absolute atomic E-state index is 0.374. The molecule has 0 aromatic carbocycles. The molecule has 3 atom stereocenters. The molecule has 1 saturated carbocycles. The molecule has 2 aliphatic rings. The Balaban J connectivity index is 2.05. The molecule has 0 aromatic rings. The Morgan fingerprint density at radius 2 is 2.14 bits per heavy atom. The molecule has 1 saturated heterocycles. The van der Waals surface area contributed by atoms with Crippen LogP contribution >= 0.6 is 0 Å². The van der Waals surface area contributed by atoms with Crippen LogP contribution in [0.25, 0.3) is 0 Å². The normalized spacial score (nSPS) is 44.1. The van der Waals surface area contributed by atoms with Gasteiger partial charge in [-0.2, -0.15) is 0 Å². The molecule has 2 fully saturated rings. The number of aliphatic hydroxyl groups is 1. The summed E-state index contributed by atoms with van der Waals surface area (Å²) < 4.78 is 0. The van der Waals surface area contributed by atoms with Gasteiger partial charge in [-0.25, -0.2) is 0 Å². The fourth-order valence-corrected chi connectivity index (χ4v) is 3.42. The van der Waals surface area contributed by atoms with E-state index in [0.717, 1.165) is 25.4 Å². The molecule has 2 rings (SSSR count). The third-order valence-electron chi connectivity index (χ3n) is 4.29. The summed E-state index contributed by atoms with van der Waals surface area (Å²) in [6, 6.07) is 0. The zero-order valence-corrected chi connectivity index (χ0v) is 9.26. The minimum atomic E-state index is -0.374. The van der Waals surface area contributed by atoms with E-state index < -0.39 is 0 Å². The molecule has 0 amide bonds. The Bertz CT molecular complexity index is 187. The number of nitrogens with one attached hydrogen (secondary N) is 1. The summed E-state index contributed by atoms with van der Waals surface area (Å²) in [5.74, 6) is 1.34. The molecule has 3 unspecified atom stereocenters. The highest BCUT2D eigenvalue weighted by Crippen LogP contribution is 2.41. The Kier molecular flexibility index (Phi) is 3.13. The third-order valence-corrected chi connectivity index (χ3v) is 4.29. The summed E-state index contributed by atoms with van der Waals surface area (Å²) in [6.07, 6.45) is 7.49. The maximum atomic E-state index is 10.6. The second-order valence-electron chi connectivity index (χ2n) is 5.09. The standard InChI is InChI=1S/C12H23NO/c1-2-10-5-3-4-6-11(10)12(14)7-8-13-9-12/h10-11,13-14H,2-9H2,1H3. The summed E-state index contributed by atoms with van der Waals surface area (Å²) >= 11 is 0. The van der Waals surface area contributed by atoms with Crippen LogP contribution in [-0.4, -0.2) is 23.8 Å². The lowest BCUT2D eigenvalue weighted by Gasteiger charge is -2.40. The Labute approximate surface area is 87.1 Å². The first kappa shape index (κ1) is 10.4.